The smallest absolute Gasteiger partial charge is 0.410 e. The largest absolute Gasteiger partial charge is 0.491 e. The van der Waals surface area contributed by atoms with Gasteiger partial charge in [0.15, 0.2) is 0 Å². The van der Waals surface area contributed by atoms with Gasteiger partial charge in [-0.05, 0) is 83.4 Å². The number of hydrogen-bond acceptors (Lipinski definition) is 8. The Hall–Kier alpha value is -5.18. The van der Waals surface area contributed by atoms with Gasteiger partial charge in [0.25, 0.3) is 5.91 Å². The summed E-state index contributed by atoms with van der Waals surface area (Å²) < 4.78 is 27.2. The zero-order chi connectivity index (χ0) is 35.1. The summed E-state index contributed by atoms with van der Waals surface area (Å²) in [6.45, 7) is 14.2. The Morgan fingerprint density at radius 1 is 1.08 bits per heavy atom. The van der Waals surface area contributed by atoms with Crippen LogP contribution in [0.15, 0.2) is 55.0 Å². The molecule has 0 atom stereocenters. The van der Waals surface area contributed by atoms with E-state index < -0.39 is 17.0 Å². The predicted molar refractivity (Wildman–Crippen MR) is 183 cm³/mol. The van der Waals surface area contributed by atoms with E-state index in [0.29, 0.717) is 68.0 Å². The van der Waals surface area contributed by atoms with E-state index in [1.54, 1.807) is 34.8 Å². The summed E-state index contributed by atoms with van der Waals surface area (Å²) in [5.41, 5.74) is 2.54. The molecule has 1 aromatic carbocycles. The maximum atomic E-state index is 13.8. The number of hydrogen-bond donors (Lipinski definition) is 1. The predicted octanol–water partition coefficient (Wildman–Crippen LogP) is 6.14. The van der Waals surface area contributed by atoms with E-state index in [2.05, 4.69) is 28.3 Å². The van der Waals surface area contributed by atoms with Gasteiger partial charge in [0, 0.05) is 60.0 Å². The number of fused-ring (bicyclic) bond motifs is 1. The van der Waals surface area contributed by atoms with Crippen molar-refractivity contribution in [3.8, 4) is 22.9 Å². The fourth-order valence-corrected chi connectivity index (χ4v) is 6.42. The first-order valence-corrected chi connectivity index (χ1v) is 16.5. The number of nitrogens with one attached hydrogen (secondary N) is 1. The number of rotatable bonds is 7. The molecule has 2 amide bonds. The lowest BCUT2D eigenvalue weighted by Gasteiger charge is -2.47. The SMILES string of the molecule is Cc1ccc(F)cc1C(=O)NC1(C)CCN(c2ccc(-c3cc(OCC4(C)CN(C(=O)OC(C)(C)C)C4)cn4ncc(C#N)c34)cn2)CC1. The van der Waals surface area contributed by atoms with Gasteiger partial charge in [-0.15, -0.1) is 0 Å². The second kappa shape index (κ2) is 12.7. The lowest BCUT2D eigenvalue weighted by atomic mass is 9.83. The number of ether oxygens (including phenoxy) is 2. The summed E-state index contributed by atoms with van der Waals surface area (Å²) in [5.74, 6) is 0.692. The van der Waals surface area contributed by atoms with E-state index in [4.69, 9.17) is 14.5 Å². The van der Waals surface area contributed by atoms with Crippen LogP contribution < -0.4 is 15.0 Å². The summed E-state index contributed by atoms with van der Waals surface area (Å²) in [5, 5.41) is 17.4. The summed E-state index contributed by atoms with van der Waals surface area (Å²) >= 11 is 0. The van der Waals surface area contributed by atoms with Crippen LogP contribution in [0.2, 0.25) is 0 Å². The molecule has 256 valence electrons. The minimum Gasteiger partial charge on any atom is -0.491 e. The van der Waals surface area contributed by atoms with Gasteiger partial charge in [0.05, 0.1) is 30.1 Å². The van der Waals surface area contributed by atoms with Crippen molar-refractivity contribution in [2.24, 2.45) is 5.41 Å². The highest BCUT2D eigenvalue weighted by Crippen LogP contribution is 2.35. The summed E-state index contributed by atoms with van der Waals surface area (Å²) in [6.07, 6.45) is 6.16. The van der Waals surface area contributed by atoms with Crippen molar-refractivity contribution in [1.29, 1.82) is 5.26 Å². The van der Waals surface area contributed by atoms with Crippen LogP contribution in [0.4, 0.5) is 15.0 Å². The van der Waals surface area contributed by atoms with Gasteiger partial charge in [0.2, 0.25) is 0 Å². The van der Waals surface area contributed by atoms with Crippen LogP contribution in [0.25, 0.3) is 16.6 Å². The van der Waals surface area contributed by atoms with Crippen LogP contribution in [-0.2, 0) is 4.74 Å². The Morgan fingerprint density at radius 3 is 2.47 bits per heavy atom. The number of piperidine rings is 1. The van der Waals surface area contributed by atoms with Crippen LogP contribution >= 0.6 is 0 Å². The van der Waals surface area contributed by atoms with Gasteiger partial charge < -0.3 is 24.6 Å². The third-order valence-corrected chi connectivity index (χ3v) is 9.20. The van der Waals surface area contributed by atoms with Gasteiger partial charge in [-0.1, -0.05) is 13.0 Å². The molecule has 6 rings (SSSR count). The molecule has 11 nitrogen and oxygen atoms in total. The van der Waals surface area contributed by atoms with Crippen molar-refractivity contribution in [2.45, 2.75) is 65.5 Å². The first kappa shape index (κ1) is 33.7. The molecule has 0 aliphatic carbocycles. The van der Waals surface area contributed by atoms with Gasteiger partial charge in [-0.2, -0.15) is 10.4 Å². The van der Waals surface area contributed by atoms with Gasteiger partial charge >= 0.3 is 6.09 Å². The second-order valence-corrected chi connectivity index (χ2v) is 14.9. The Balaban J connectivity index is 1.13. The van der Waals surface area contributed by atoms with Crippen LogP contribution in [-0.4, -0.2) is 75.4 Å². The van der Waals surface area contributed by atoms with E-state index in [9.17, 15) is 19.2 Å². The van der Waals surface area contributed by atoms with Crippen molar-refractivity contribution >= 4 is 23.3 Å². The Bertz CT molecular complexity index is 1930. The van der Waals surface area contributed by atoms with E-state index in [0.717, 1.165) is 22.5 Å². The third kappa shape index (κ3) is 7.31. The fourth-order valence-electron chi connectivity index (χ4n) is 6.42. The lowest BCUT2D eigenvalue weighted by molar-refractivity contribution is -0.0429. The Labute approximate surface area is 285 Å². The molecule has 49 heavy (non-hydrogen) atoms. The summed E-state index contributed by atoms with van der Waals surface area (Å²) in [6, 6.07) is 12.3. The fraction of sp³-hybridized carbons (Fsp3) is 0.432. The summed E-state index contributed by atoms with van der Waals surface area (Å²) in [4.78, 5) is 34.1. The molecule has 0 radical (unpaired) electrons. The van der Waals surface area contributed by atoms with E-state index in [1.165, 1.54) is 18.3 Å². The Kier molecular flexibility index (Phi) is 8.73. The average Bonchev–Trinajstić information content (AvgIpc) is 3.46. The molecule has 5 heterocycles. The topological polar surface area (TPSA) is 125 Å². The van der Waals surface area contributed by atoms with Crippen LogP contribution in [0.3, 0.4) is 0 Å². The zero-order valence-corrected chi connectivity index (χ0v) is 28.8. The molecule has 2 fully saturated rings. The second-order valence-electron chi connectivity index (χ2n) is 14.9. The maximum absolute atomic E-state index is 13.8. The minimum absolute atomic E-state index is 0.233. The number of nitriles is 1. The molecule has 2 aliphatic heterocycles. The van der Waals surface area contributed by atoms with Crippen LogP contribution in [0, 0.1) is 29.5 Å². The number of carbonyl (C=O) groups is 2. The van der Waals surface area contributed by atoms with Gasteiger partial charge in [-0.3, -0.25) is 4.79 Å². The zero-order valence-electron chi connectivity index (χ0n) is 28.8. The molecular weight excluding hydrogens is 625 g/mol. The van der Waals surface area contributed by atoms with Gasteiger partial charge in [-0.25, -0.2) is 18.7 Å². The molecule has 3 aromatic heterocycles. The number of likely N-dealkylation sites (tertiary alicyclic amines) is 1. The molecule has 2 saturated heterocycles. The molecule has 0 bridgehead atoms. The number of amides is 2. The first-order valence-electron chi connectivity index (χ1n) is 16.5. The standard InChI is InChI=1S/C37H42FN7O4/c1-24-7-9-27(38)15-29(24)33(46)42-37(6)11-13-43(14-12-37)31-10-8-25(18-40-31)30-16-28(20-45-32(30)26(17-39)19-41-45)48-23-36(5)21-44(22-36)34(47)49-35(2,3)4/h7-10,15-16,18-20H,11-14,21-23H2,1-6H3,(H,42,46). The highest BCUT2D eigenvalue weighted by molar-refractivity contribution is 5.96. The maximum Gasteiger partial charge on any atom is 0.410 e. The number of carbonyl (C=O) groups excluding carboxylic acids is 2. The van der Waals surface area contributed by atoms with Crippen molar-refractivity contribution in [3.63, 3.8) is 0 Å². The highest BCUT2D eigenvalue weighted by Gasteiger charge is 2.43. The first-order chi connectivity index (χ1) is 23.1. The quantitative estimate of drug-likeness (QED) is 0.249. The number of halogens is 1. The highest BCUT2D eigenvalue weighted by atomic mass is 19.1. The number of anilines is 1. The van der Waals surface area contributed by atoms with E-state index >= 15 is 0 Å². The molecule has 12 heteroatoms. The van der Waals surface area contributed by atoms with E-state index in [1.807, 2.05) is 45.9 Å². The molecule has 4 aromatic rings. The molecule has 0 unspecified atom stereocenters. The van der Waals surface area contributed by atoms with Crippen molar-refractivity contribution in [1.82, 2.24) is 24.8 Å². The van der Waals surface area contributed by atoms with E-state index in [-0.39, 0.29) is 17.4 Å². The number of benzene rings is 1. The number of aromatic nitrogens is 3. The monoisotopic (exact) mass is 667 g/mol. The van der Waals surface area contributed by atoms with Crippen molar-refractivity contribution in [2.75, 3.05) is 37.7 Å². The number of pyridine rings is 2. The Morgan fingerprint density at radius 2 is 1.82 bits per heavy atom. The van der Waals surface area contributed by atoms with Crippen molar-refractivity contribution < 1.29 is 23.5 Å². The summed E-state index contributed by atoms with van der Waals surface area (Å²) in [7, 11) is 0. The molecule has 0 spiro atoms. The average molecular weight is 668 g/mol. The van der Waals surface area contributed by atoms with Crippen LogP contribution in [0.5, 0.6) is 5.75 Å². The number of nitrogens with zero attached hydrogens (tertiary/aromatic N) is 6. The third-order valence-electron chi connectivity index (χ3n) is 9.20. The minimum atomic E-state index is -0.551. The van der Waals surface area contributed by atoms with Crippen LogP contribution in [0.1, 0.15) is 68.9 Å². The molecule has 1 N–H and O–H groups in total. The molecule has 2 aliphatic rings. The van der Waals surface area contributed by atoms with Crippen molar-refractivity contribution in [3.05, 3.63) is 77.5 Å². The molecule has 0 saturated carbocycles. The number of aryl methyl sites for hydroxylation is 1. The molecular formula is C37H42FN7O4. The van der Waals surface area contributed by atoms with Gasteiger partial charge in [0.1, 0.15) is 29.1 Å². The normalized spacial score (nSPS) is 16.9. The lowest BCUT2D eigenvalue weighted by Crippen LogP contribution is -2.60.